The van der Waals surface area contributed by atoms with Gasteiger partial charge < -0.3 is 0 Å². The zero-order valence-electron chi connectivity index (χ0n) is 7.64. The number of rotatable bonds is 2. The Morgan fingerprint density at radius 3 is 2.50 bits per heavy atom. The van der Waals surface area contributed by atoms with Crippen molar-refractivity contribution in [3.63, 3.8) is 0 Å². The molecule has 0 unspecified atom stereocenters. The highest BCUT2D eigenvalue weighted by Gasteiger charge is 2.08. The van der Waals surface area contributed by atoms with Gasteiger partial charge in [-0.05, 0) is 24.6 Å². The quantitative estimate of drug-likeness (QED) is 0.857. The standard InChI is InChI=1S/C8H9ClFNO2S/c1-5-3-6(9)7(10)4-8(5)11-14(2,12)13/h3-4,11H,1-2H3. The molecule has 0 radical (unpaired) electrons. The van der Waals surface area contributed by atoms with Crippen molar-refractivity contribution in [3.05, 3.63) is 28.5 Å². The molecule has 1 aromatic rings. The number of anilines is 1. The van der Waals surface area contributed by atoms with Crippen molar-refractivity contribution in [1.29, 1.82) is 0 Å². The molecule has 6 heteroatoms. The van der Waals surface area contributed by atoms with E-state index < -0.39 is 15.8 Å². The Morgan fingerprint density at radius 1 is 1.43 bits per heavy atom. The van der Waals surface area contributed by atoms with Crippen molar-refractivity contribution in [2.24, 2.45) is 0 Å². The molecule has 0 atom stereocenters. The second kappa shape index (κ2) is 3.74. The smallest absolute Gasteiger partial charge is 0.229 e. The highest BCUT2D eigenvalue weighted by atomic mass is 35.5. The first-order valence-corrected chi connectivity index (χ1v) is 6.00. The number of hydrogen-bond donors (Lipinski definition) is 1. The summed E-state index contributed by atoms with van der Waals surface area (Å²) in [6, 6.07) is 2.42. The number of benzene rings is 1. The Morgan fingerprint density at radius 2 is 2.00 bits per heavy atom. The zero-order valence-corrected chi connectivity index (χ0v) is 9.21. The average Bonchev–Trinajstić information content (AvgIpc) is 1.97. The molecule has 0 amide bonds. The van der Waals surface area contributed by atoms with Crippen LogP contribution in [0.3, 0.4) is 0 Å². The number of hydrogen-bond acceptors (Lipinski definition) is 2. The van der Waals surface area contributed by atoms with Crippen LogP contribution < -0.4 is 4.72 Å². The number of halogens is 2. The van der Waals surface area contributed by atoms with E-state index in [1.807, 2.05) is 0 Å². The summed E-state index contributed by atoms with van der Waals surface area (Å²) in [5, 5.41) is -0.0263. The van der Waals surface area contributed by atoms with Crippen molar-refractivity contribution in [1.82, 2.24) is 0 Å². The Bertz CT molecular complexity index is 459. The molecular weight excluding hydrogens is 229 g/mol. The molecule has 0 aromatic heterocycles. The predicted octanol–water partition coefficient (Wildman–Crippen LogP) is 2.16. The van der Waals surface area contributed by atoms with Crippen LogP contribution in [0.4, 0.5) is 10.1 Å². The SMILES string of the molecule is Cc1cc(Cl)c(F)cc1NS(C)(=O)=O. The third-order valence-electron chi connectivity index (χ3n) is 1.56. The average molecular weight is 238 g/mol. The first kappa shape index (κ1) is 11.3. The van der Waals surface area contributed by atoms with Gasteiger partial charge in [-0.1, -0.05) is 11.6 Å². The fourth-order valence-electron chi connectivity index (χ4n) is 0.956. The Labute approximate surface area is 86.9 Å². The molecule has 0 aliphatic heterocycles. The van der Waals surface area contributed by atoms with E-state index in [0.717, 1.165) is 12.3 Å². The molecule has 0 saturated heterocycles. The van der Waals surface area contributed by atoms with Gasteiger partial charge in [0.25, 0.3) is 0 Å². The minimum Gasteiger partial charge on any atom is -0.283 e. The van der Waals surface area contributed by atoms with Gasteiger partial charge >= 0.3 is 0 Å². The maximum absolute atomic E-state index is 13.0. The normalized spacial score (nSPS) is 11.4. The number of sulfonamides is 1. The molecule has 0 spiro atoms. The first-order chi connectivity index (χ1) is 6.29. The molecule has 3 nitrogen and oxygen atoms in total. The Kier molecular flexibility index (Phi) is 3.01. The van der Waals surface area contributed by atoms with Gasteiger partial charge in [-0.2, -0.15) is 0 Å². The van der Waals surface area contributed by atoms with Crippen LogP contribution in [0.1, 0.15) is 5.56 Å². The van der Waals surface area contributed by atoms with Crippen LogP contribution >= 0.6 is 11.6 Å². The fraction of sp³-hybridized carbons (Fsp3) is 0.250. The van der Waals surface area contributed by atoms with Crippen LogP contribution in [0.5, 0.6) is 0 Å². The largest absolute Gasteiger partial charge is 0.283 e. The van der Waals surface area contributed by atoms with E-state index in [2.05, 4.69) is 4.72 Å². The second-order valence-electron chi connectivity index (χ2n) is 2.96. The van der Waals surface area contributed by atoms with Gasteiger partial charge in [0, 0.05) is 0 Å². The van der Waals surface area contributed by atoms with Crippen molar-refractivity contribution in [3.8, 4) is 0 Å². The van der Waals surface area contributed by atoms with E-state index in [4.69, 9.17) is 11.6 Å². The van der Waals surface area contributed by atoms with Crippen LogP contribution in [-0.4, -0.2) is 14.7 Å². The summed E-state index contributed by atoms with van der Waals surface area (Å²) in [5.41, 5.74) is 0.774. The van der Waals surface area contributed by atoms with E-state index in [1.165, 1.54) is 6.07 Å². The monoisotopic (exact) mass is 237 g/mol. The topological polar surface area (TPSA) is 46.2 Å². The molecule has 0 saturated carbocycles. The highest BCUT2D eigenvalue weighted by Crippen LogP contribution is 2.23. The molecule has 1 N–H and O–H groups in total. The molecular formula is C8H9ClFNO2S. The van der Waals surface area contributed by atoms with E-state index in [0.29, 0.717) is 5.56 Å². The van der Waals surface area contributed by atoms with Gasteiger partial charge in [0.2, 0.25) is 10.0 Å². The predicted molar refractivity (Wildman–Crippen MR) is 54.6 cm³/mol. The summed E-state index contributed by atoms with van der Waals surface area (Å²) in [7, 11) is -3.39. The lowest BCUT2D eigenvalue weighted by atomic mass is 10.2. The molecule has 0 aliphatic rings. The number of nitrogens with one attached hydrogen (secondary N) is 1. The highest BCUT2D eigenvalue weighted by molar-refractivity contribution is 7.92. The van der Waals surface area contributed by atoms with Gasteiger partial charge in [0.05, 0.1) is 17.0 Å². The molecule has 0 heterocycles. The molecule has 0 fully saturated rings. The summed E-state index contributed by atoms with van der Waals surface area (Å²) < 4.78 is 36.9. The summed E-state index contributed by atoms with van der Waals surface area (Å²) in [4.78, 5) is 0. The first-order valence-electron chi connectivity index (χ1n) is 3.73. The lowest BCUT2D eigenvalue weighted by molar-refractivity contribution is 0.606. The van der Waals surface area contributed by atoms with E-state index in [1.54, 1.807) is 6.92 Å². The molecule has 78 valence electrons. The van der Waals surface area contributed by atoms with Gasteiger partial charge in [0.1, 0.15) is 5.82 Å². The van der Waals surface area contributed by atoms with Crippen molar-refractivity contribution < 1.29 is 12.8 Å². The van der Waals surface area contributed by atoms with E-state index >= 15 is 0 Å². The molecule has 1 rings (SSSR count). The minimum absolute atomic E-state index is 0.0263. The van der Waals surface area contributed by atoms with Crippen molar-refractivity contribution >= 4 is 27.3 Å². The van der Waals surface area contributed by atoms with Gasteiger partial charge in [0.15, 0.2) is 0 Å². The van der Waals surface area contributed by atoms with Crippen molar-refractivity contribution in [2.75, 3.05) is 11.0 Å². The van der Waals surface area contributed by atoms with Crippen LogP contribution in [0.15, 0.2) is 12.1 Å². The Balaban J connectivity index is 3.17. The van der Waals surface area contributed by atoms with Crippen molar-refractivity contribution in [2.45, 2.75) is 6.92 Å². The molecule has 0 bridgehead atoms. The fourth-order valence-corrected chi connectivity index (χ4v) is 1.79. The summed E-state index contributed by atoms with van der Waals surface area (Å²) >= 11 is 5.50. The minimum atomic E-state index is -3.39. The molecule has 14 heavy (non-hydrogen) atoms. The third kappa shape index (κ3) is 2.85. The lowest BCUT2D eigenvalue weighted by Crippen LogP contribution is -2.10. The van der Waals surface area contributed by atoms with Crippen LogP contribution in [-0.2, 0) is 10.0 Å². The second-order valence-corrected chi connectivity index (χ2v) is 5.11. The van der Waals surface area contributed by atoms with Gasteiger partial charge in [-0.15, -0.1) is 0 Å². The van der Waals surface area contributed by atoms with Crippen LogP contribution in [0.2, 0.25) is 5.02 Å². The van der Waals surface area contributed by atoms with Gasteiger partial charge in [-0.3, -0.25) is 4.72 Å². The molecule has 0 aliphatic carbocycles. The summed E-state index contributed by atoms with van der Waals surface area (Å²) in [6.07, 6.45) is 0.999. The zero-order chi connectivity index (χ0) is 10.9. The summed E-state index contributed by atoms with van der Waals surface area (Å²) in [5.74, 6) is -0.650. The van der Waals surface area contributed by atoms with Crippen LogP contribution in [0.25, 0.3) is 0 Å². The summed E-state index contributed by atoms with van der Waals surface area (Å²) in [6.45, 7) is 1.64. The number of aryl methyl sites for hydroxylation is 1. The maximum Gasteiger partial charge on any atom is 0.229 e. The van der Waals surface area contributed by atoms with E-state index in [9.17, 15) is 12.8 Å². The maximum atomic E-state index is 13.0. The van der Waals surface area contributed by atoms with Crippen LogP contribution in [0, 0.1) is 12.7 Å². The van der Waals surface area contributed by atoms with E-state index in [-0.39, 0.29) is 10.7 Å². The Hall–Kier alpha value is -0.810. The third-order valence-corrected chi connectivity index (χ3v) is 2.44. The van der Waals surface area contributed by atoms with Gasteiger partial charge in [-0.25, -0.2) is 12.8 Å². The molecule has 1 aromatic carbocycles. The lowest BCUT2D eigenvalue weighted by Gasteiger charge is -2.08.